The number of esters is 2. The molecule has 0 spiro atoms. The lowest BCUT2D eigenvalue weighted by molar-refractivity contribution is -0.142. The van der Waals surface area contributed by atoms with Gasteiger partial charge in [-0.3, -0.25) is 10.2 Å². The van der Waals surface area contributed by atoms with Crippen LogP contribution in [0.3, 0.4) is 0 Å². The molecule has 6 nitrogen and oxygen atoms in total. The molecule has 0 aromatic heterocycles. The van der Waals surface area contributed by atoms with Crippen LogP contribution in [0.4, 0.5) is 5.69 Å². The van der Waals surface area contributed by atoms with Crippen LogP contribution in [0, 0.1) is 0 Å². The Morgan fingerprint density at radius 2 is 1.71 bits per heavy atom. The summed E-state index contributed by atoms with van der Waals surface area (Å²) in [5.41, 5.74) is 3.68. The number of para-hydroxylation sites is 1. The van der Waals surface area contributed by atoms with Gasteiger partial charge in [0.05, 0.1) is 25.3 Å². The van der Waals surface area contributed by atoms with E-state index in [4.69, 9.17) is 9.47 Å². The molecule has 114 valence electrons. The van der Waals surface area contributed by atoms with E-state index in [1.54, 1.807) is 13.8 Å². The molecule has 0 aliphatic heterocycles. The van der Waals surface area contributed by atoms with Crippen molar-refractivity contribution >= 4 is 23.3 Å². The number of nitrogens with one attached hydrogen (secondary N) is 1. The molecule has 0 unspecified atom stereocenters. The van der Waals surface area contributed by atoms with Crippen LogP contribution in [-0.4, -0.2) is 30.9 Å². The van der Waals surface area contributed by atoms with Crippen molar-refractivity contribution in [2.45, 2.75) is 26.7 Å². The quantitative estimate of drug-likeness (QED) is 0.452. The molecule has 0 amide bonds. The lowest BCUT2D eigenvalue weighted by Crippen LogP contribution is -2.20. The van der Waals surface area contributed by atoms with E-state index in [1.165, 1.54) is 0 Å². The smallest absolute Gasteiger partial charge is 0.354 e. The molecule has 0 fully saturated rings. The van der Waals surface area contributed by atoms with Crippen LogP contribution >= 0.6 is 0 Å². The second-order valence-corrected chi connectivity index (χ2v) is 4.06. The maximum atomic E-state index is 11.8. The van der Waals surface area contributed by atoms with E-state index < -0.39 is 5.97 Å². The average Bonchev–Trinajstić information content (AvgIpc) is 2.48. The van der Waals surface area contributed by atoms with Gasteiger partial charge in [0.2, 0.25) is 0 Å². The molecule has 0 bridgehead atoms. The van der Waals surface area contributed by atoms with E-state index in [1.807, 2.05) is 30.3 Å². The third-order valence-electron chi connectivity index (χ3n) is 2.48. The molecular weight excluding hydrogens is 272 g/mol. The highest BCUT2D eigenvalue weighted by atomic mass is 16.5. The SMILES string of the molecule is CCOC(=O)CC/C(=N\Nc1ccccc1)C(=O)OCC. The first-order valence-corrected chi connectivity index (χ1v) is 6.87. The molecule has 6 heteroatoms. The highest BCUT2D eigenvalue weighted by molar-refractivity contribution is 6.36. The molecule has 21 heavy (non-hydrogen) atoms. The molecule has 1 N–H and O–H groups in total. The van der Waals surface area contributed by atoms with E-state index in [9.17, 15) is 9.59 Å². The highest BCUT2D eigenvalue weighted by Gasteiger charge is 2.15. The van der Waals surface area contributed by atoms with Crippen LogP contribution in [0.5, 0.6) is 0 Å². The summed E-state index contributed by atoms with van der Waals surface area (Å²) >= 11 is 0. The van der Waals surface area contributed by atoms with Gasteiger partial charge in [0.1, 0.15) is 5.71 Å². The van der Waals surface area contributed by atoms with Crippen molar-refractivity contribution < 1.29 is 19.1 Å². The van der Waals surface area contributed by atoms with Gasteiger partial charge in [-0.15, -0.1) is 0 Å². The molecule has 1 rings (SSSR count). The standard InChI is InChI=1S/C15H20N2O4/c1-3-20-14(18)11-10-13(15(19)21-4-2)17-16-12-8-6-5-7-9-12/h5-9,16H,3-4,10-11H2,1-2H3/b17-13+. The Kier molecular flexibility index (Phi) is 7.56. The van der Waals surface area contributed by atoms with Gasteiger partial charge in [-0.2, -0.15) is 5.10 Å². The minimum absolute atomic E-state index is 0.0853. The summed E-state index contributed by atoms with van der Waals surface area (Å²) in [5, 5.41) is 4.03. The highest BCUT2D eigenvalue weighted by Crippen LogP contribution is 2.06. The van der Waals surface area contributed by atoms with Gasteiger partial charge < -0.3 is 9.47 Å². The molecule has 0 aliphatic rings. The van der Waals surface area contributed by atoms with Crippen molar-refractivity contribution in [3.63, 3.8) is 0 Å². The molecule has 1 aromatic carbocycles. The number of nitrogens with zero attached hydrogens (tertiary/aromatic N) is 1. The molecule has 0 aliphatic carbocycles. The van der Waals surface area contributed by atoms with Gasteiger partial charge in [-0.25, -0.2) is 4.79 Å². The summed E-state index contributed by atoms with van der Waals surface area (Å²) in [7, 11) is 0. The minimum Gasteiger partial charge on any atom is -0.466 e. The monoisotopic (exact) mass is 292 g/mol. The summed E-state index contributed by atoms with van der Waals surface area (Å²) in [4.78, 5) is 23.1. The predicted molar refractivity (Wildman–Crippen MR) is 80.0 cm³/mol. The maximum Gasteiger partial charge on any atom is 0.354 e. The fourth-order valence-corrected chi connectivity index (χ4v) is 1.52. The molecule has 0 saturated heterocycles. The molecule has 0 heterocycles. The summed E-state index contributed by atoms with van der Waals surface area (Å²) in [6.45, 7) is 4.01. The number of hydrazone groups is 1. The molecule has 1 aromatic rings. The second-order valence-electron chi connectivity index (χ2n) is 4.06. The fraction of sp³-hybridized carbons (Fsp3) is 0.400. The zero-order valence-electron chi connectivity index (χ0n) is 12.3. The summed E-state index contributed by atoms with van der Waals surface area (Å²) in [6.07, 6.45) is 0.249. The van der Waals surface area contributed by atoms with Gasteiger partial charge in [0, 0.05) is 6.42 Å². The van der Waals surface area contributed by atoms with Crippen LogP contribution < -0.4 is 5.43 Å². The number of carbonyl (C=O) groups is 2. The first-order valence-electron chi connectivity index (χ1n) is 6.87. The van der Waals surface area contributed by atoms with Crippen LogP contribution in [0.15, 0.2) is 35.4 Å². The van der Waals surface area contributed by atoms with Gasteiger partial charge >= 0.3 is 11.9 Å². The van der Waals surface area contributed by atoms with Crippen LogP contribution in [0.2, 0.25) is 0 Å². The average molecular weight is 292 g/mol. The summed E-state index contributed by atoms with van der Waals surface area (Å²) in [5.74, 6) is -0.903. The number of rotatable bonds is 8. The zero-order chi connectivity index (χ0) is 15.5. The van der Waals surface area contributed by atoms with Crippen molar-refractivity contribution in [3.05, 3.63) is 30.3 Å². The maximum absolute atomic E-state index is 11.8. The fourth-order valence-electron chi connectivity index (χ4n) is 1.52. The van der Waals surface area contributed by atoms with Crippen LogP contribution in [0.1, 0.15) is 26.7 Å². The van der Waals surface area contributed by atoms with Gasteiger partial charge in [0.25, 0.3) is 0 Å². The normalized spacial score (nSPS) is 10.9. The van der Waals surface area contributed by atoms with E-state index in [0.717, 1.165) is 5.69 Å². The Morgan fingerprint density at radius 1 is 1.05 bits per heavy atom. The van der Waals surface area contributed by atoms with E-state index in [0.29, 0.717) is 6.61 Å². The number of anilines is 1. The molecule has 0 atom stereocenters. The lowest BCUT2D eigenvalue weighted by Gasteiger charge is -2.07. The van der Waals surface area contributed by atoms with Gasteiger partial charge in [-0.05, 0) is 26.0 Å². The predicted octanol–water partition coefficient (Wildman–Crippen LogP) is 2.36. The van der Waals surface area contributed by atoms with Crippen molar-refractivity contribution in [1.29, 1.82) is 0 Å². The third kappa shape index (κ3) is 6.56. The topological polar surface area (TPSA) is 77.0 Å². The third-order valence-corrected chi connectivity index (χ3v) is 2.48. The van der Waals surface area contributed by atoms with Crippen molar-refractivity contribution in [2.75, 3.05) is 18.6 Å². The largest absolute Gasteiger partial charge is 0.466 e. The Morgan fingerprint density at radius 3 is 2.33 bits per heavy atom. The number of ether oxygens (including phenoxy) is 2. The second kappa shape index (κ2) is 9.52. The Hall–Kier alpha value is -2.37. The first-order chi connectivity index (χ1) is 10.2. The van der Waals surface area contributed by atoms with E-state index in [2.05, 4.69) is 10.5 Å². The lowest BCUT2D eigenvalue weighted by atomic mass is 10.2. The van der Waals surface area contributed by atoms with E-state index in [-0.39, 0.29) is 31.1 Å². The zero-order valence-corrected chi connectivity index (χ0v) is 12.3. The summed E-state index contributed by atoms with van der Waals surface area (Å²) < 4.78 is 9.75. The van der Waals surface area contributed by atoms with Crippen LogP contribution in [-0.2, 0) is 19.1 Å². The van der Waals surface area contributed by atoms with Gasteiger partial charge in [-0.1, -0.05) is 18.2 Å². The first kappa shape index (κ1) is 16.7. The molecule has 0 radical (unpaired) electrons. The Balaban J connectivity index is 2.67. The van der Waals surface area contributed by atoms with Crippen LogP contribution in [0.25, 0.3) is 0 Å². The number of carbonyl (C=O) groups excluding carboxylic acids is 2. The van der Waals surface area contributed by atoms with Crippen molar-refractivity contribution in [3.8, 4) is 0 Å². The number of benzene rings is 1. The van der Waals surface area contributed by atoms with Crippen molar-refractivity contribution in [2.24, 2.45) is 5.10 Å². The van der Waals surface area contributed by atoms with E-state index >= 15 is 0 Å². The van der Waals surface area contributed by atoms with Gasteiger partial charge in [0.15, 0.2) is 0 Å². The molecule has 0 saturated carbocycles. The Bertz CT molecular complexity index is 486. The summed E-state index contributed by atoms with van der Waals surface area (Å²) in [6, 6.07) is 9.21. The van der Waals surface area contributed by atoms with Crippen molar-refractivity contribution in [1.82, 2.24) is 0 Å². The number of hydrogen-bond donors (Lipinski definition) is 1. The molecular formula is C15H20N2O4. The minimum atomic E-state index is -0.537. The number of hydrogen-bond acceptors (Lipinski definition) is 6. The Labute approximate surface area is 124 Å².